The molecule has 0 unspecified atom stereocenters. The van der Waals surface area contributed by atoms with Gasteiger partial charge in [0.15, 0.2) is 5.82 Å². The summed E-state index contributed by atoms with van der Waals surface area (Å²) in [5, 5.41) is 15.7. The van der Waals surface area contributed by atoms with Crippen molar-refractivity contribution >= 4 is 28.9 Å². The van der Waals surface area contributed by atoms with Gasteiger partial charge >= 0.3 is 0 Å². The molecule has 0 N–H and O–H groups in total. The zero-order valence-corrected chi connectivity index (χ0v) is 12.6. The second kappa shape index (κ2) is 4.66. The average Bonchev–Trinajstić information content (AvgIpc) is 2.78. The first-order valence-electron chi connectivity index (χ1n) is 6.82. The van der Waals surface area contributed by atoms with Crippen molar-refractivity contribution < 1.29 is 0 Å². The largest absolute Gasteiger partial charge is 0.240 e. The van der Waals surface area contributed by atoms with E-state index >= 15 is 0 Å². The molecule has 0 radical (unpaired) electrons. The summed E-state index contributed by atoms with van der Waals surface area (Å²) in [7, 11) is 0. The molecule has 0 aliphatic carbocycles. The Morgan fingerprint density at radius 2 is 2.10 bits per heavy atom. The summed E-state index contributed by atoms with van der Waals surface area (Å²) in [6, 6.07) is 8.40. The van der Waals surface area contributed by atoms with Crippen molar-refractivity contribution in [2.75, 3.05) is 0 Å². The molecule has 1 aliphatic rings. The molecule has 3 heterocycles. The maximum atomic E-state index is 4.74. The summed E-state index contributed by atoms with van der Waals surface area (Å²) in [6.07, 6.45) is 2.64. The van der Waals surface area contributed by atoms with Gasteiger partial charge in [-0.05, 0) is 36.9 Å². The maximum absolute atomic E-state index is 4.74. The highest BCUT2D eigenvalue weighted by Gasteiger charge is 2.18. The molecule has 0 bridgehead atoms. The normalized spacial score (nSPS) is 13.0. The third kappa shape index (κ3) is 2.03. The van der Waals surface area contributed by atoms with Crippen LogP contribution in [0.15, 0.2) is 39.5 Å². The zero-order valence-electron chi connectivity index (χ0n) is 11.7. The number of pyridine rings is 1. The molecule has 4 rings (SSSR count). The van der Waals surface area contributed by atoms with Gasteiger partial charge in [0.2, 0.25) is 5.16 Å². The van der Waals surface area contributed by atoms with Crippen LogP contribution in [0.4, 0.5) is 0 Å². The van der Waals surface area contributed by atoms with Gasteiger partial charge in [-0.3, -0.25) is 0 Å². The molecule has 0 fully saturated rings. The van der Waals surface area contributed by atoms with E-state index in [0.29, 0.717) is 0 Å². The zero-order chi connectivity index (χ0) is 14.4. The Bertz CT molecular complexity index is 881. The van der Waals surface area contributed by atoms with E-state index in [4.69, 9.17) is 4.98 Å². The molecule has 3 aromatic rings. The van der Waals surface area contributed by atoms with Crippen molar-refractivity contribution in [3.05, 3.63) is 41.2 Å². The monoisotopic (exact) mass is 295 g/mol. The Morgan fingerprint density at radius 3 is 2.95 bits per heavy atom. The topological polar surface area (TPSA) is 56.0 Å². The summed E-state index contributed by atoms with van der Waals surface area (Å²) in [6.45, 7) is 4.13. The smallest absolute Gasteiger partial charge is 0.218 e. The molecule has 2 aromatic heterocycles. The van der Waals surface area contributed by atoms with Crippen LogP contribution in [-0.4, -0.2) is 26.1 Å². The van der Waals surface area contributed by atoms with Crippen LogP contribution >= 0.6 is 11.8 Å². The number of fused-ring (bicyclic) bond motifs is 3. The first-order valence-corrected chi connectivity index (χ1v) is 7.64. The Labute approximate surface area is 126 Å². The lowest BCUT2D eigenvalue weighted by atomic mass is 10.1. The molecular weight excluding hydrogens is 282 g/mol. The van der Waals surface area contributed by atoms with E-state index in [2.05, 4.69) is 46.5 Å². The molecule has 0 amide bonds. The van der Waals surface area contributed by atoms with Gasteiger partial charge in [0.25, 0.3) is 0 Å². The third-order valence-electron chi connectivity index (χ3n) is 3.46. The highest BCUT2D eigenvalue weighted by atomic mass is 32.2. The molecule has 0 spiro atoms. The summed E-state index contributed by atoms with van der Waals surface area (Å²) < 4.78 is 1.79. The van der Waals surface area contributed by atoms with Crippen LogP contribution < -0.4 is 0 Å². The van der Waals surface area contributed by atoms with Crippen LogP contribution in [-0.2, 0) is 6.42 Å². The third-order valence-corrected chi connectivity index (χ3v) is 4.41. The van der Waals surface area contributed by atoms with Crippen LogP contribution in [0.2, 0.25) is 0 Å². The van der Waals surface area contributed by atoms with Gasteiger partial charge in [-0.2, -0.15) is 9.78 Å². The van der Waals surface area contributed by atoms with E-state index in [1.165, 1.54) is 17.3 Å². The molecule has 6 heteroatoms. The molecule has 5 nitrogen and oxygen atoms in total. The standard InChI is InChI=1S/C15H13N5S/c1-3-13-18-19-15-20(13)16-8-11-7-10-6-9(2)4-5-12(10)17-14(11)21-15/h4-8H,3H2,1-2H3. The lowest BCUT2D eigenvalue weighted by Gasteiger charge is -2.04. The summed E-state index contributed by atoms with van der Waals surface area (Å²) in [4.78, 5) is 4.74. The second-order valence-corrected chi connectivity index (χ2v) is 5.95. The number of aromatic nitrogens is 4. The van der Waals surface area contributed by atoms with E-state index < -0.39 is 0 Å². The minimum atomic E-state index is 0.765. The fraction of sp³-hybridized carbons (Fsp3) is 0.200. The molecule has 1 aliphatic heterocycles. The highest BCUT2D eigenvalue weighted by Crippen LogP contribution is 2.32. The maximum Gasteiger partial charge on any atom is 0.218 e. The Balaban J connectivity index is 1.91. The van der Waals surface area contributed by atoms with Crippen molar-refractivity contribution in [3.8, 4) is 0 Å². The van der Waals surface area contributed by atoms with E-state index in [1.807, 2.05) is 13.1 Å². The van der Waals surface area contributed by atoms with E-state index in [1.54, 1.807) is 4.68 Å². The second-order valence-electron chi connectivity index (χ2n) is 4.99. The van der Waals surface area contributed by atoms with Crippen LogP contribution in [0.1, 0.15) is 23.9 Å². The number of benzene rings is 1. The average molecular weight is 295 g/mol. The van der Waals surface area contributed by atoms with Gasteiger partial charge in [0.05, 0.1) is 11.7 Å². The fourth-order valence-corrected chi connectivity index (χ4v) is 3.24. The van der Waals surface area contributed by atoms with Gasteiger partial charge in [0, 0.05) is 17.4 Å². The van der Waals surface area contributed by atoms with E-state index in [-0.39, 0.29) is 0 Å². The summed E-state index contributed by atoms with van der Waals surface area (Å²) in [5.74, 6) is 0.863. The van der Waals surface area contributed by atoms with Crippen molar-refractivity contribution in [2.24, 2.45) is 5.10 Å². The molecule has 0 atom stereocenters. The summed E-state index contributed by atoms with van der Waals surface area (Å²) >= 11 is 1.51. The molecule has 104 valence electrons. The van der Waals surface area contributed by atoms with E-state index in [0.717, 1.165) is 38.9 Å². The molecule has 0 saturated heterocycles. The fourth-order valence-electron chi connectivity index (χ4n) is 2.37. The predicted molar refractivity (Wildman–Crippen MR) is 83.0 cm³/mol. The SMILES string of the molecule is CCc1nnc2n1N=Cc1cc3cc(C)ccc3nc1S2. The molecular formula is C15H13N5S. The Kier molecular flexibility index (Phi) is 2.78. The Hall–Kier alpha value is -2.21. The number of hydrogen-bond acceptors (Lipinski definition) is 5. The highest BCUT2D eigenvalue weighted by molar-refractivity contribution is 7.99. The summed E-state index contributed by atoms with van der Waals surface area (Å²) in [5.41, 5.74) is 3.24. The molecule has 21 heavy (non-hydrogen) atoms. The first kappa shape index (κ1) is 12.5. The number of nitrogens with zero attached hydrogens (tertiary/aromatic N) is 5. The van der Waals surface area contributed by atoms with Crippen molar-refractivity contribution in [1.29, 1.82) is 0 Å². The van der Waals surface area contributed by atoms with Crippen LogP contribution in [0.25, 0.3) is 10.9 Å². The molecule has 0 saturated carbocycles. The van der Waals surface area contributed by atoms with Crippen LogP contribution in [0, 0.1) is 6.92 Å². The minimum Gasteiger partial charge on any atom is -0.240 e. The van der Waals surface area contributed by atoms with Gasteiger partial charge in [0.1, 0.15) is 5.03 Å². The van der Waals surface area contributed by atoms with Gasteiger partial charge < -0.3 is 0 Å². The lowest BCUT2D eigenvalue weighted by molar-refractivity contribution is 0.724. The minimum absolute atomic E-state index is 0.765. The quantitative estimate of drug-likeness (QED) is 0.541. The van der Waals surface area contributed by atoms with E-state index in [9.17, 15) is 0 Å². The number of rotatable bonds is 1. The van der Waals surface area contributed by atoms with Gasteiger partial charge in [-0.1, -0.05) is 18.6 Å². The predicted octanol–water partition coefficient (Wildman–Crippen LogP) is 3.04. The first-order chi connectivity index (χ1) is 10.2. The van der Waals surface area contributed by atoms with Gasteiger partial charge in [-0.15, -0.1) is 10.2 Å². The lowest BCUT2D eigenvalue weighted by Crippen LogP contribution is -1.96. The Morgan fingerprint density at radius 1 is 1.19 bits per heavy atom. The number of aryl methyl sites for hydroxylation is 2. The van der Waals surface area contributed by atoms with Gasteiger partial charge in [-0.25, -0.2) is 4.98 Å². The van der Waals surface area contributed by atoms with Crippen molar-refractivity contribution in [3.63, 3.8) is 0 Å². The molecule has 1 aromatic carbocycles. The van der Waals surface area contributed by atoms with Crippen LogP contribution in [0.5, 0.6) is 0 Å². The number of hydrogen-bond donors (Lipinski definition) is 0. The van der Waals surface area contributed by atoms with Crippen molar-refractivity contribution in [1.82, 2.24) is 19.9 Å². The van der Waals surface area contributed by atoms with Crippen LogP contribution in [0.3, 0.4) is 0 Å². The van der Waals surface area contributed by atoms with Crippen molar-refractivity contribution in [2.45, 2.75) is 30.5 Å².